The van der Waals surface area contributed by atoms with Gasteiger partial charge in [0.1, 0.15) is 18.4 Å². The highest BCUT2D eigenvalue weighted by atomic mass is 32.2. The standard InChI is InChI=1S/C27H32FN3O4S/c1-5-24(27(33)29-19(2)3)30(17-20-13-15-22(28)16-14-20)26(32)18-31(36(4,34)35)25-12-8-10-21-9-6-7-11-23(21)25/h6-16,19,24H,5,17-18H2,1-4H3,(H,29,33)/t24-/m0/s1. The number of fused-ring (bicyclic) bond motifs is 1. The molecule has 7 nitrogen and oxygen atoms in total. The van der Waals surface area contributed by atoms with E-state index in [1.165, 1.54) is 17.0 Å². The van der Waals surface area contributed by atoms with Crippen molar-refractivity contribution in [1.29, 1.82) is 0 Å². The van der Waals surface area contributed by atoms with Gasteiger partial charge in [-0.15, -0.1) is 0 Å². The van der Waals surface area contributed by atoms with Crippen LogP contribution in [0.15, 0.2) is 66.7 Å². The minimum absolute atomic E-state index is 0.0241. The third-order valence-electron chi connectivity index (χ3n) is 5.80. The summed E-state index contributed by atoms with van der Waals surface area (Å²) >= 11 is 0. The Balaban J connectivity index is 2.02. The molecule has 0 unspecified atom stereocenters. The molecular formula is C27H32FN3O4S. The first-order valence-corrected chi connectivity index (χ1v) is 13.7. The maximum absolute atomic E-state index is 13.7. The summed E-state index contributed by atoms with van der Waals surface area (Å²) in [4.78, 5) is 28.1. The molecule has 3 aromatic carbocycles. The smallest absolute Gasteiger partial charge is 0.244 e. The number of sulfonamides is 1. The maximum atomic E-state index is 13.7. The average Bonchev–Trinajstić information content (AvgIpc) is 2.82. The first-order chi connectivity index (χ1) is 17.0. The topological polar surface area (TPSA) is 86.8 Å². The van der Waals surface area contributed by atoms with E-state index in [2.05, 4.69) is 5.32 Å². The van der Waals surface area contributed by atoms with Crippen LogP contribution in [0.25, 0.3) is 10.8 Å². The second kappa shape index (κ2) is 11.5. The quantitative estimate of drug-likeness (QED) is 0.443. The highest BCUT2D eigenvalue weighted by Crippen LogP contribution is 2.28. The zero-order chi connectivity index (χ0) is 26.5. The SMILES string of the molecule is CC[C@@H](C(=O)NC(C)C)N(Cc1ccc(F)cc1)C(=O)CN(c1cccc2ccccc12)S(C)(=O)=O. The number of hydrogen-bond donors (Lipinski definition) is 1. The van der Waals surface area contributed by atoms with Gasteiger partial charge in [-0.3, -0.25) is 13.9 Å². The van der Waals surface area contributed by atoms with Crippen molar-refractivity contribution >= 4 is 38.3 Å². The van der Waals surface area contributed by atoms with Crippen molar-refractivity contribution in [3.63, 3.8) is 0 Å². The highest BCUT2D eigenvalue weighted by Gasteiger charge is 2.32. The van der Waals surface area contributed by atoms with Crippen LogP contribution in [0, 0.1) is 5.82 Å². The summed E-state index contributed by atoms with van der Waals surface area (Å²) in [7, 11) is -3.85. The van der Waals surface area contributed by atoms with Crippen molar-refractivity contribution < 1.29 is 22.4 Å². The number of hydrogen-bond acceptors (Lipinski definition) is 4. The third kappa shape index (κ3) is 6.60. The van der Waals surface area contributed by atoms with Gasteiger partial charge in [0, 0.05) is 18.0 Å². The Morgan fingerprint density at radius 1 is 0.972 bits per heavy atom. The number of amides is 2. The van der Waals surface area contributed by atoms with Crippen LogP contribution in [-0.4, -0.2) is 50.0 Å². The van der Waals surface area contributed by atoms with Gasteiger partial charge in [0.05, 0.1) is 11.9 Å². The van der Waals surface area contributed by atoms with Crippen LogP contribution in [0.2, 0.25) is 0 Å². The van der Waals surface area contributed by atoms with Gasteiger partial charge in [-0.25, -0.2) is 12.8 Å². The number of benzene rings is 3. The molecule has 36 heavy (non-hydrogen) atoms. The molecule has 0 saturated carbocycles. The Morgan fingerprint density at radius 2 is 1.61 bits per heavy atom. The summed E-state index contributed by atoms with van der Waals surface area (Å²) in [6.07, 6.45) is 1.37. The molecule has 0 aliphatic heterocycles. The van der Waals surface area contributed by atoms with Gasteiger partial charge >= 0.3 is 0 Å². The van der Waals surface area contributed by atoms with Gasteiger partial charge in [0.15, 0.2) is 0 Å². The summed E-state index contributed by atoms with van der Waals surface area (Å²) in [5, 5.41) is 4.36. The molecule has 3 rings (SSSR count). The van der Waals surface area contributed by atoms with Gasteiger partial charge in [0.25, 0.3) is 0 Å². The number of nitrogens with zero attached hydrogens (tertiary/aromatic N) is 2. The van der Waals surface area contributed by atoms with E-state index in [-0.39, 0.29) is 18.5 Å². The maximum Gasteiger partial charge on any atom is 0.244 e. The van der Waals surface area contributed by atoms with Crippen LogP contribution in [0.1, 0.15) is 32.8 Å². The number of halogens is 1. The minimum atomic E-state index is -3.85. The molecule has 1 atom stereocenters. The molecule has 0 radical (unpaired) electrons. The van der Waals surface area contributed by atoms with Crippen molar-refractivity contribution in [2.75, 3.05) is 17.1 Å². The lowest BCUT2D eigenvalue weighted by Crippen LogP contribution is -2.53. The van der Waals surface area contributed by atoms with Crippen LogP contribution in [0.4, 0.5) is 10.1 Å². The van der Waals surface area contributed by atoms with E-state index in [4.69, 9.17) is 0 Å². The molecule has 0 saturated heterocycles. The Morgan fingerprint density at radius 3 is 2.22 bits per heavy atom. The second-order valence-electron chi connectivity index (χ2n) is 9.00. The number of carbonyl (C=O) groups is 2. The van der Waals surface area contributed by atoms with Crippen molar-refractivity contribution in [1.82, 2.24) is 10.2 Å². The number of rotatable bonds is 10. The molecule has 1 N–H and O–H groups in total. The van der Waals surface area contributed by atoms with Crippen molar-refractivity contribution in [2.45, 2.75) is 45.8 Å². The lowest BCUT2D eigenvalue weighted by Gasteiger charge is -2.33. The van der Waals surface area contributed by atoms with E-state index in [0.29, 0.717) is 23.1 Å². The predicted octanol–water partition coefficient (Wildman–Crippen LogP) is 4.08. The van der Waals surface area contributed by atoms with Gasteiger partial charge in [-0.2, -0.15) is 0 Å². The molecule has 0 aliphatic rings. The summed E-state index contributed by atoms with van der Waals surface area (Å²) in [5.41, 5.74) is 1.00. The van der Waals surface area contributed by atoms with Gasteiger partial charge in [0.2, 0.25) is 21.8 Å². The Hall–Kier alpha value is -3.46. The third-order valence-corrected chi connectivity index (χ3v) is 6.92. The molecule has 0 heterocycles. The molecule has 0 aromatic heterocycles. The molecular weight excluding hydrogens is 481 g/mol. The lowest BCUT2D eigenvalue weighted by molar-refractivity contribution is -0.140. The molecule has 9 heteroatoms. The van der Waals surface area contributed by atoms with E-state index in [1.807, 2.05) is 32.0 Å². The van der Waals surface area contributed by atoms with Crippen molar-refractivity contribution in [3.8, 4) is 0 Å². The van der Waals surface area contributed by atoms with Crippen LogP contribution >= 0.6 is 0 Å². The number of anilines is 1. The molecule has 192 valence electrons. The second-order valence-corrected chi connectivity index (χ2v) is 10.9. The van der Waals surface area contributed by atoms with E-state index < -0.39 is 34.3 Å². The van der Waals surface area contributed by atoms with Gasteiger partial charge in [-0.1, -0.05) is 55.5 Å². The molecule has 3 aromatic rings. The number of nitrogens with one attached hydrogen (secondary N) is 1. The van der Waals surface area contributed by atoms with Crippen molar-refractivity contribution in [3.05, 3.63) is 78.1 Å². The molecule has 0 bridgehead atoms. The zero-order valence-corrected chi connectivity index (χ0v) is 21.8. The average molecular weight is 514 g/mol. The van der Waals surface area contributed by atoms with Gasteiger partial charge in [-0.05, 0) is 49.4 Å². The van der Waals surface area contributed by atoms with Crippen LogP contribution in [0.5, 0.6) is 0 Å². The first kappa shape index (κ1) is 27.1. The van der Waals surface area contributed by atoms with E-state index in [1.54, 1.807) is 43.3 Å². The summed E-state index contributed by atoms with van der Waals surface area (Å²) < 4.78 is 40.3. The Labute approximate surface area is 212 Å². The zero-order valence-electron chi connectivity index (χ0n) is 20.9. The van der Waals surface area contributed by atoms with Crippen LogP contribution < -0.4 is 9.62 Å². The minimum Gasteiger partial charge on any atom is -0.352 e. The molecule has 2 amide bonds. The largest absolute Gasteiger partial charge is 0.352 e. The fourth-order valence-electron chi connectivity index (χ4n) is 4.11. The lowest BCUT2D eigenvalue weighted by atomic mass is 10.1. The Bertz CT molecular complexity index is 1320. The fourth-order valence-corrected chi connectivity index (χ4v) is 4.97. The fraction of sp³-hybridized carbons (Fsp3) is 0.333. The van der Waals surface area contributed by atoms with Crippen molar-refractivity contribution in [2.24, 2.45) is 0 Å². The van der Waals surface area contributed by atoms with Gasteiger partial charge < -0.3 is 10.2 Å². The van der Waals surface area contributed by atoms with Crippen LogP contribution in [0.3, 0.4) is 0 Å². The highest BCUT2D eigenvalue weighted by molar-refractivity contribution is 7.92. The predicted molar refractivity (Wildman–Crippen MR) is 140 cm³/mol. The van der Waals surface area contributed by atoms with Crippen LogP contribution in [-0.2, 0) is 26.2 Å². The summed E-state index contributed by atoms with van der Waals surface area (Å²) in [6, 6.07) is 17.3. The Kier molecular flexibility index (Phi) is 8.68. The van der Waals surface area contributed by atoms with E-state index >= 15 is 0 Å². The molecule has 0 fully saturated rings. The number of carbonyl (C=O) groups excluding carboxylic acids is 2. The van der Waals surface area contributed by atoms with E-state index in [9.17, 15) is 22.4 Å². The molecule has 0 aliphatic carbocycles. The monoisotopic (exact) mass is 513 g/mol. The van der Waals surface area contributed by atoms with E-state index in [0.717, 1.165) is 15.9 Å². The molecule has 0 spiro atoms. The normalized spacial score (nSPS) is 12.4. The summed E-state index contributed by atoms with van der Waals surface area (Å²) in [6.45, 7) is 4.97. The summed E-state index contributed by atoms with van der Waals surface area (Å²) in [5.74, 6) is -1.29. The first-order valence-electron chi connectivity index (χ1n) is 11.8.